The summed E-state index contributed by atoms with van der Waals surface area (Å²) in [7, 11) is 0. The van der Waals surface area contributed by atoms with Gasteiger partial charge in [0.1, 0.15) is 5.82 Å². The Hall–Kier alpha value is -1.14. The van der Waals surface area contributed by atoms with E-state index in [0.29, 0.717) is 38.6 Å². The van der Waals surface area contributed by atoms with Crippen LogP contribution in [0.3, 0.4) is 0 Å². The molecule has 0 bridgehead atoms. The zero-order valence-electron chi connectivity index (χ0n) is 13.9. The summed E-state index contributed by atoms with van der Waals surface area (Å²) in [4.78, 5) is 8.97. The molecule has 2 aromatic carbocycles. The number of halogens is 2. The van der Waals surface area contributed by atoms with Crippen LogP contribution in [0.1, 0.15) is 11.3 Å². The first-order chi connectivity index (χ1) is 11.6. The predicted octanol–water partition coefficient (Wildman–Crippen LogP) is 1.37. The van der Waals surface area contributed by atoms with Crippen LogP contribution in [-0.4, -0.2) is 9.97 Å². The van der Waals surface area contributed by atoms with Crippen LogP contribution < -0.4 is 40.0 Å². The molecule has 25 heavy (non-hydrogen) atoms. The van der Waals surface area contributed by atoms with Crippen LogP contribution in [0, 0.1) is 6.92 Å². The van der Waals surface area contributed by atoms with Crippen molar-refractivity contribution < 1.29 is 34.7 Å². The number of rotatable bonds is 4. The van der Waals surface area contributed by atoms with Crippen molar-refractivity contribution in [2.75, 3.05) is 5.32 Å². The second kappa shape index (κ2) is 8.99. The van der Waals surface area contributed by atoms with Crippen molar-refractivity contribution in [3.05, 3.63) is 69.8 Å². The zero-order chi connectivity index (χ0) is 17.1. The number of hydrogen-bond donors (Lipinski definition) is 1. The predicted molar refractivity (Wildman–Crippen MR) is 95.7 cm³/mol. The average molecular weight is 382 g/mol. The van der Waals surface area contributed by atoms with Crippen molar-refractivity contribution in [2.24, 2.45) is 0 Å². The molecule has 1 heterocycles. The van der Waals surface area contributed by atoms with Gasteiger partial charge in [-0.15, -0.1) is 6.61 Å². The van der Waals surface area contributed by atoms with Gasteiger partial charge in [-0.3, -0.25) is 0 Å². The van der Waals surface area contributed by atoms with E-state index in [1.165, 1.54) is 0 Å². The SMILES string of the molecule is Cc1nc(-c2ccccc2)nc(Nc2cc(Cl)cc(Cl)c2)c1C[O-].[Na+]. The molecule has 0 aliphatic rings. The minimum absolute atomic E-state index is 0. The molecule has 0 saturated heterocycles. The molecule has 0 unspecified atom stereocenters. The Morgan fingerprint density at radius 2 is 1.64 bits per heavy atom. The van der Waals surface area contributed by atoms with E-state index in [-0.39, 0.29) is 29.6 Å². The minimum atomic E-state index is -0.419. The summed E-state index contributed by atoms with van der Waals surface area (Å²) in [5.41, 5.74) is 2.71. The molecule has 4 nitrogen and oxygen atoms in total. The average Bonchev–Trinajstić information content (AvgIpc) is 2.54. The molecular weight excluding hydrogens is 368 g/mol. The third-order valence-electron chi connectivity index (χ3n) is 3.52. The molecule has 0 spiro atoms. The van der Waals surface area contributed by atoms with Gasteiger partial charge in [0.2, 0.25) is 0 Å². The third kappa shape index (κ3) is 4.94. The largest absolute Gasteiger partial charge is 1.00 e. The first kappa shape index (κ1) is 20.2. The topological polar surface area (TPSA) is 60.9 Å². The van der Waals surface area contributed by atoms with Crippen LogP contribution in [0.15, 0.2) is 48.5 Å². The molecule has 0 aliphatic carbocycles. The van der Waals surface area contributed by atoms with E-state index in [0.717, 1.165) is 5.56 Å². The summed E-state index contributed by atoms with van der Waals surface area (Å²) >= 11 is 12.1. The van der Waals surface area contributed by atoms with Gasteiger partial charge in [-0.25, -0.2) is 9.97 Å². The molecular formula is C18H14Cl2N3NaO. The van der Waals surface area contributed by atoms with Crippen molar-refractivity contribution in [3.63, 3.8) is 0 Å². The van der Waals surface area contributed by atoms with Gasteiger partial charge in [-0.2, -0.15) is 0 Å². The van der Waals surface area contributed by atoms with Crippen LogP contribution >= 0.6 is 23.2 Å². The van der Waals surface area contributed by atoms with Crippen molar-refractivity contribution in [1.82, 2.24) is 9.97 Å². The monoisotopic (exact) mass is 381 g/mol. The van der Waals surface area contributed by atoms with Crippen molar-refractivity contribution in [3.8, 4) is 11.4 Å². The number of anilines is 2. The van der Waals surface area contributed by atoms with E-state index < -0.39 is 6.61 Å². The van der Waals surface area contributed by atoms with Crippen molar-refractivity contribution in [1.29, 1.82) is 0 Å². The Balaban J connectivity index is 0.00000225. The zero-order valence-corrected chi connectivity index (χ0v) is 17.4. The fourth-order valence-electron chi connectivity index (χ4n) is 2.35. The van der Waals surface area contributed by atoms with Gasteiger partial charge in [-0.05, 0) is 30.7 Å². The second-order valence-electron chi connectivity index (χ2n) is 5.25. The quantitative estimate of drug-likeness (QED) is 0.693. The fourth-order valence-corrected chi connectivity index (χ4v) is 2.88. The summed E-state index contributed by atoms with van der Waals surface area (Å²) in [5, 5.41) is 15.7. The maximum atomic E-state index is 11.6. The van der Waals surface area contributed by atoms with E-state index in [9.17, 15) is 5.11 Å². The second-order valence-corrected chi connectivity index (χ2v) is 6.13. The molecule has 3 aromatic rings. The molecule has 122 valence electrons. The maximum Gasteiger partial charge on any atom is 1.00 e. The van der Waals surface area contributed by atoms with Gasteiger partial charge in [0.05, 0.1) is 0 Å². The van der Waals surface area contributed by atoms with Crippen LogP contribution in [0.4, 0.5) is 11.5 Å². The minimum Gasteiger partial charge on any atom is -0.851 e. The summed E-state index contributed by atoms with van der Waals surface area (Å²) in [6.45, 7) is 1.38. The maximum absolute atomic E-state index is 11.6. The molecule has 1 aromatic heterocycles. The first-order valence-corrected chi connectivity index (χ1v) is 8.06. The van der Waals surface area contributed by atoms with Crippen LogP contribution in [0.2, 0.25) is 10.0 Å². The molecule has 0 saturated carbocycles. The summed E-state index contributed by atoms with van der Waals surface area (Å²) < 4.78 is 0. The Kier molecular flexibility index (Phi) is 7.25. The summed E-state index contributed by atoms with van der Waals surface area (Å²) in [6, 6.07) is 14.7. The number of benzene rings is 2. The van der Waals surface area contributed by atoms with Gasteiger partial charge in [0, 0.05) is 27.0 Å². The van der Waals surface area contributed by atoms with E-state index in [1.54, 1.807) is 25.1 Å². The number of nitrogens with one attached hydrogen (secondary N) is 1. The third-order valence-corrected chi connectivity index (χ3v) is 3.95. The first-order valence-electron chi connectivity index (χ1n) is 7.31. The number of nitrogens with zero attached hydrogens (tertiary/aromatic N) is 2. The van der Waals surface area contributed by atoms with Crippen molar-refractivity contribution in [2.45, 2.75) is 13.5 Å². The standard InChI is InChI=1S/C18H14Cl2N3O.Na/c1-11-16(10-24)18(22-15-8-13(19)7-14(20)9-15)23-17(21-11)12-5-3-2-4-6-12;/h2-9H,10H2,1H3,(H,21,22,23);/q-1;+1. The molecule has 0 fully saturated rings. The van der Waals surface area contributed by atoms with E-state index in [2.05, 4.69) is 15.3 Å². The normalized spacial score (nSPS) is 10.2. The van der Waals surface area contributed by atoms with Gasteiger partial charge in [0.15, 0.2) is 5.82 Å². The Morgan fingerprint density at radius 1 is 1.00 bits per heavy atom. The van der Waals surface area contributed by atoms with E-state index >= 15 is 0 Å². The molecule has 0 amide bonds. The molecule has 3 rings (SSSR count). The van der Waals surface area contributed by atoms with Crippen LogP contribution in [0.5, 0.6) is 0 Å². The van der Waals surface area contributed by atoms with E-state index in [4.69, 9.17) is 23.2 Å². The fraction of sp³-hybridized carbons (Fsp3) is 0.111. The van der Waals surface area contributed by atoms with Crippen molar-refractivity contribution >= 4 is 34.7 Å². The number of hydrogen-bond acceptors (Lipinski definition) is 4. The molecule has 7 heteroatoms. The summed E-state index contributed by atoms with van der Waals surface area (Å²) in [6.07, 6.45) is 0. The molecule has 0 aliphatic heterocycles. The van der Waals surface area contributed by atoms with Crippen LogP contribution in [0.25, 0.3) is 11.4 Å². The Bertz CT molecular complexity index is 855. The molecule has 0 radical (unpaired) electrons. The Morgan fingerprint density at radius 3 is 2.24 bits per heavy atom. The van der Waals surface area contributed by atoms with Gasteiger partial charge in [-0.1, -0.05) is 53.5 Å². The summed E-state index contributed by atoms with van der Waals surface area (Å²) in [5.74, 6) is 1.02. The van der Waals surface area contributed by atoms with Gasteiger partial charge >= 0.3 is 29.6 Å². The van der Waals surface area contributed by atoms with Crippen LogP contribution in [-0.2, 0) is 6.61 Å². The number of aromatic nitrogens is 2. The smallest absolute Gasteiger partial charge is 0.851 e. The number of aryl methyl sites for hydroxylation is 1. The van der Waals surface area contributed by atoms with E-state index in [1.807, 2.05) is 30.3 Å². The Labute approximate surface area is 178 Å². The van der Waals surface area contributed by atoms with Gasteiger partial charge < -0.3 is 10.4 Å². The molecule has 0 atom stereocenters. The molecule has 1 N–H and O–H groups in total. The van der Waals surface area contributed by atoms with Gasteiger partial charge in [0.25, 0.3) is 0 Å².